The fraction of sp³-hybridized carbons (Fsp3) is 0.636. The second-order valence-electron chi connectivity index (χ2n) is 3.93. The van der Waals surface area contributed by atoms with Crippen molar-refractivity contribution >= 4 is 5.95 Å². The van der Waals surface area contributed by atoms with Crippen molar-refractivity contribution in [1.82, 2.24) is 15.3 Å². The van der Waals surface area contributed by atoms with Crippen LogP contribution in [0.1, 0.15) is 19.3 Å². The maximum Gasteiger partial charge on any atom is 0.225 e. The van der Waals surface area contributed by atoms with Crippen LogP contribution in [0.4, 0.5) is 5.95 Å². The fourth-order valence-corrected chi connectivity index (χ4v) is 1.90. The molecule has 0 aromatic carbocycles. The summed E-state index contributed by atoms with van der Waals surface area (Å²) in [5, 5.41) is 6.66. The zero-order valence-electron chi connectivity index (χ0n) is 9.57. The van der Waals surface area contributed by atoms with Crippen LogP contribution in [-0.2, 0) is 0 Å². The molecule has 1 aromatic rings. The monoisotopic (exact) mass is 222 g/mol. The first-order chi connectivity index (χ1) is 7.88. The Hall–Kier alpha value is -1.36. The summed E-state index contributed by atoms with van der Waals surface area (Å²) in [5.74, 6) is 1.23. The Bertz CT molecular complexity index is 326. The van der Waals surface area contributed by atoms with Crippen LogP contribution in [0.5, 0.6) is 5.88 Å². The molecule has 1 fully saturated rings. The summed E-state index contributed by atoms with van der Waals surface area (Å²) in [6, 6.07) is 2.39. The lowest BCUT2D eigenvalue weighted by molar-refractivity contribution is 0.397. The molecule has 0 radical (unpaired) electrons. The van der Waals surface area contributed by atoms with Gasteiger partial charge in [0.2, 0.25) is 11.8 Å². The van der Waals surface area contributed by atoms with E-state index in [2.05, 4.69) is 20.6 Å². The van der Waals surface area contributed by atoms with Crippen molar-refractivity contribution in [3.63, 3.8) is 0 Å². The van der Waals surface area contributed by atoms with Gasteiger partial charge in [0, 0.05) is 24.8 Å². The first-order valence-electron chi connectivity index (χ1n) is 5.73. The van der Waals surface area contributed by atoms with E-state index in [9.17, 15) is 0 Å². The molecule has 0 spiro atoms. The lowest BCUT2D eigenvalue weighted by atomic mass is 10.1. The third-order valence-corrected chi connectivity index (χ3v) is 2.78. The van der Waals surface area contributed by atoms with Gasteiger partial charge >= 0.3 is 0 Å². The number of nitrogens with zero attached hydrogens (tertiary/aromatic N) is 2. The second kappa shape index (κ2) is 5.65. The maximum absolute atomic E-state index is 5.03. The van der Waals surface area contributed by atoms with Gasteiger partial charge in [-0.05, 0) is 25.8 Å². The van der Waals surface area contributed by atoms with Crippen molar-refractivity contribution in [2.24, 2.45) is 0 Å². The Morgan fingerprint density at radius 3 is 3.31 bits per heavy atom. The van der Waals surface area contributed by atoms with Crippen LogP contribution < -0.4 is 15.4 Å². The smallest absolute Gasteiger partial charge is 0.225 e. The number of hydrogen-bond donors (Lipinski definition) is 2. The second-order valence-corrected chi connectivity index (χ2v) is 3.93. The SMILES string of the molecule is COc1ccnc(NCC[C@@H]2CCCN2)n1. The molecule has 1 aromatic heterocycles. The Morgan fingerprint density at radius 1 is 1.62 bits per heavy atom. The van der Waals surface area contributed by atoms with Gasteiger partial charge in [-0.3, -0.25) is 0 Å². The minimum absolute atomic E-state index is 0.594. The van der Waals surface area contributed by atoms with Crippen molar-refractivity contribution in [3.05, 3.63) is 12.3 Å². The summed E-state index contributed by atoms with van der Waals surface area (Å²) in [6.45, 7) is 2.05. The first kappa shape index (κ1) is 11.1. The molecule has 2 heterocycles. The van der Waals surface area contributed by atoms with E-state index in [4.69, 9.17) is 4.74 Å². The van der Waals surface area contributed by atoms with Crippen molar-refractivity contribution in [1.29, 1.82) is 0 Å². The molecule has 0 bridgehead atoms. The van der Waals surface area contributed by atoms with E-state index in [1.807, 2.05) is 0 Å². The minimum atomic E-state index is 0.594. The minimum Gasteiger partial charge on any atom is -0.481 e. The average molecular weight is 222 g/mol. The average Bonchev–Trinajstić information content (AvgIpc) is 2.82. The molecule has 2 N–H and O–H groups in total. The van der Waals surface area contributed by atoms with Crippen LogP contribution >= 0.6 is 0 Å². The largest absolute Gasteiger partial charge is 0.481 e. The molecule has 0 aliphatic carbocycles. The number of hydrogen-bond acceptors (Lipinski definition) is 5. The molecule has 2 rings (SSSR count). The van der Waals surface area contributed by atoms with Gasteiger partial charge in [-0.15, -0.1) is 0 Å². The van der Waals surface area contributed by atoms with Crippen LogP contribution in [0.3, 0.4) is 0 Å². The first-order valence-corrected chi connectivity index (χ1v) is 5.73. The van der Waals surface area contributed by atoms with E-state index in [1.54, 1.807) is 19.4 Å². The molecule has 1 atom stereocenters. The van der Waals surface area contributed by atoms with Crippen LogP contribution in [0.25, 0.3) is 0 Å². The molecular weight excluding hydrogens is 204 g/mol. The number of nitrogens with one attached hydrogen (secondary N) is 2. The van der Waals surface area contributed by atoms with Crippen LogP contribution in [0.2, 0.25) is 0 Å². The zero-order valence-corrected chi connectivity index (χ0v) is 9.57. The summed E-state index contributed by atoms with van der Waals surface area (Å²) in [7, 11) is 1.61. The molecule has 1 aliphatic rings. The van der Waals surface area contributed by atoms with Gasteiger partial charge < -0.3 is 15.4 Å². The van der Waals surface area contributed by atoms with Gasteiger partial charge in [0.25, 0.3) is 0 Å². The standard InChI is InChI=1S/C11H18N4O/c1-16-10-5-8-14-11(15-10)13-7-4-9-3-2-6-12-9/h5,8-9,12H,2-4,6-7H2,1H3,(H,13,14,15)/t9-/m0/s1. The molecule has 16 heavy (non-hydrogen) atoms. The molecule has 88 valence electrons. The Kier molecular flexibility index (Phi) is 3.93. The number of aromatic nitrogens is 2. The van der Waals surface area contributed by atoms with Gasteiger partial charge in [-0.25, -0.2) is 4.98 Å². The summed E-state index contributed by atoms with van der Waals surface area (Å²) >= 11 is 0. The molecule has 0 saturated carbocycles. The number of methoxy groups -OCH3 is 1. The highest BCUT2D eigenvalue weighted by molar-refractivity contribution is 5.27. The summed E-state index contributed by atoms with van der Waals surface area (Å²) in [6.07, 6.45) is 5.38. The molecular formula is C11H18N4O. The van der Waals surface area contributed by atoms with Gasteiger partial charge in [-0.2, -0.15) is 4.98 Å². The Labute approximate surface area is 95.6 Å². The molecule has 5 nitrogen and oxygen atoms in total. The lowest BCUT2D eigenvalue weighted by Crippen LogP contribution is -2.24. The molecule has 1 aliphatic heterocycles. The van der Waals surface area contributed by atoms with Crippen molar-refractivity contribution in [2.45, 2.75) is 25.3 Å². The highest BCUT2D eigenvalue weighted by atomic mass is 16.5. The van der Waals surface area contributed by atoms with Crippen molar-refractivity contribution < 1.29 is 4.74 Å². The number of anilines is 1. The fourth-order valence-electron chi connectivity index (χ4n) is 1.90. The van der Waals surface area contributed by atoms with E-state index < -0.39 is 0 Å². The highest BCUT2D eigenvalue weighted by Gasteiger charge is 2.13. The quantitative estimate of drug-likeness (QED) is 0.779. The summed E-state index contributed by atoms with van der Waals surface area (Å²) < 4.78 is 5.03. The van der Waals surface area contributed by atoms with E-state index in [1.165, 1.54) is 12.8 Å². The topological polar surface area (TPSA) is 59.1 Å². The molecule has 0 amide bonds. The van der Waals surface area contributed by atoms with Crippen LogP contribution in [0, 0.1) is 0 Å². The molecule has 1 saturated heterocycles. The predicted molar refractivity (Wildman–Crippen MR) is 62.7 cm³/mol. The van der Waals surface area contributed by atoms with Gasteiger partial charge in [0.15, 0.2) is 0 Å². The van der Waals surface area contributed by atoms with Crippen LogP contribution in [0.15, 0.2) is 12.3 Å². The van der Waals surface area contributed by atoms with Crippen molar-refractivity contribution in [3.8, 4) is 5.88 Å². The summed E-state index contributed by atoms with van der Waals surface area (Å²) in [5.41, 5.74) is 0. The number of rotatable bonds is 5. The van der Waals surface area contributed by atoms with Gasteiger partial charge in [0.1, 0.15) is 0 Å². The van der Waals surface area contributed by atoms with E-state index >= 15 is 0 Å². The predicted octanol–water partition coefficient (Wildman–Crippen LogP) is 1.04. The summed E-state index contributed by atoms with van der Waals surface area (Å²) in [4.78, 5) is 8.32. The Balaban J connectivity index is 1.75. The van der Waals surface area contributed by atoms with E-state index in [-0.39, 0.29) is 0 Å². The lowest BCUT2D eigenvalue weighted by Gasteiger charge is -2.10. The third-order valence-electron chi connectivity index (χ3n) is 2.78. The van der Waals surface area contributed by atoms with Gasteiger partial charge in [0.05, 0.1) is 7.11 Å². The normalized spacial score (nSPS) is 19.7. The molecule has 0 unspecified atom stereocenters. The van der Waals surface area contributed by atoms with E-state index in [0.29, 0.717) is 17.9 Å². The van der Waals surface area contributed by atoms with E-state index in [0.717, 1.165) is 19.5 Å². The number of ether oxygens (including phenoxy) is 1. The maximum atomic E-state index is 5.03. The van der Waals surface area contributed by atoms with Crippen LogP contribution in [-0.4, -0.2) is 36.2 Å². The molecule has 5 heteroatoms. The highest BCUT2D eigenvalue weighted by Crippen LogP contribution is 2.10. The Morgan fingerprint density at radius 2 is 2.56 bits per heavy atom. The van der Waals surface area contributed by atoms with Crippen molar-refractivity contribution in [2.75, 3.05) is 25.5 Å². The van der Waals surface area contributed by atoms with Gasteiger partial charge in [-0.1, -0.05) is 0 Å². The zero-order chi connectivity index (χ0) is 11.2. The third kappa shape index (κ3) is 3.06.